The molecule has 1 fully saturated rings. The molecule has 0 aliphatic carbocycles. The van der Waals surface area contributed by atoms with Crippen molar-refractivity contribution in [2.45, 2.75) is 12.5 Å². The van der Waals surface area contributed by atoms with Gasteiger partial charge in [-0.2, -0.15) is 0 Å². The number of thiazole rings is 1. The van der Waals surface area contributed by atoms with Crippen LogP contribution < -0.4 is 10.1 Å². The van der Waals surface area contributed by atoms with E-state index in [-0.39, 0.29) is 6.10 Å². The van der Waals surface area contributed by atoms with Crippen molar-refractivity contribution in [1.82, 2.24) is 15.3 Å². The Kier molecular flexibility index (Phi) is 3.29. The number of fused-ring (bicyclic) bond motifs is 1. The number of nitrogens with zero attached hydrogens (tertiary/aromatic N) is 2. The van der Waals surface area contributed by atoms with Gasteiger partial charge in [0.25, 0.3) is 0 Å². The highest BCUT2D eigenvalue weighted by atomic mass is 32.1. The molecule has 5 heteroatoms. The summed E-state index contributed by atoms with van der Waals surface area (Å²) in [6.07, 6.45) is 3.15. The zero-order valence-corrected chi connectivity index (χ0v) is 12.3. The van der Waals surface area contributed by atoms with E-state index in [9.17, 15) is 0 Å². The first-order chi connectivity index (χ1) is 10.4. The van der Waals surface area contributed by atoms with Gasteiger partial charge < -0.3 is 10.1 Å². The topological polar surface area (TPSA) is 47.0 Å². The number of nitrogens with one attached hydrogen (secondary N) is 1. The van der Waals surface area contributed by atoms with E-state index in [0.29, 0.717) is 0 Å². The summed E-state index contributed by atoms with van der Waals surface area (Å²) in [4.78, 5) is 9.00. The average molecular weight is 297 g/mol. The highest BCUT2D eigenvalue weighted by molar-refractivity contribution is 7.21. The number of aromatic nitrogens is 2. The van der Waals surface area contributed by atoms with Crippen LogP contribution in [0.15, 0.2) is 42.6 Å². The van der Waals surface area contributed by atoms with Crippen LogP contribution in [0.4, 0.5) is 0 Å². The van der Waals surface area contributed by atoms with E-state index in [2.05, 4.69) is 21.4 Å². The van der Waals surface area contributed by atoms with Gasteiger partial charge in [-0.15, -0.1) is 11.3 Å². The number of hydrogen-bond acceptors (Lipinski definition) is 5. The van der Waals surface area contributed by atoms with Gasteiger partial charge in [-0.3, -0.25) is 4.98 Å². The van der Waals surface area contributed by atoms with Gasteiger partial charge in [0.15, 0.2) is 0 Å². The SMILES string of the molecule is c1ccc(-c2nc3ccc(OC4CCNC4)cc3s2)nc1. The molecule has 1 aliphatic rings. The molecule has 0 amide bonds. The summed E-state index contributed by atoms with van der Waals surface area (Å²) in [6.45, 7) is 1.97. The molecule has 0 saturated carbocycles. The van der Waals surface area contributed by atoms with Crippen LogP contribution in [0.25, 0.3) is 20.9 Å². The molecule has 1 N–H and O–H groups in total. The van der Waals surface area contributed by atoms with Crippen molar-refractivity contribution < 1.29 is 4.74 Å². The summed E-state index contributed by atoms with van der Waals surface area (Å²) >= 11 is 1.65. The lowest BCUT2D eigenvalue weighted by Crippen LogP contribution is -2.19. The van der Waals surface area contributed by atoms with Crippen LogP contribution in [-0.4, -0.2) is 29.2 Å². The van der Waals surface area contributed by atoms with Crippen molar-refractivity contribution >= 4 is 21.6 Å². The van der Waals surface area contributed by atoms with Crippen LogP contribution >= 0.6 is 11.3 Å². The molecule has 3 heterocycles. The van der Waals surface area contributed by atoms with E-state index < -0.39 is 0 Å². The smallest absolute Gasteiger partial charge is 0.143 e. The summed E-state index contributed by atoms with van der Waals surface area (Å²) in [5.41, 5.74) is 1.92. The number of pyridine rings is 1. The number of hydrogen-bond donors (Lipinski definition) is 1. The molecule has 4 rings (SSSR count). The van der Waals surface area contributed by atoms with Gasteiger partial charge in [0.2, 0.25) is 0 Å². The Morgan fingerprint density at radius 2 is 2.24 bits per heavy atom. The Labute approximate surface area is 126 Å². The van der Waals surface area contributed by atoms with Crippen molar-refractivity contribution in [3.8, 4) is 16.5 Å². The quantitative estimate of drug-likeness (QED) is 0.807. The first-order valence-electron chi connectivity index (χ1n) is 7.08. The maximum atomic E-state index is 6.00. The Bertz CT molecular complexity index is 751. The van der Waals surface area contributed by atoms with Crippen LogP contribution in [-0.2, 0) is 0 Å². The molecule has 21 heavy (non-hydrogen) atoms. The lowest BCUT2D eigenvalue weighted by molar-refractivity contribution is 0.223. The monoisotopic (exact) mass is 297 g/mol. The second-order valence-electron chi connectivity index (χ2n) is 5.10. The lowest BCUT2D eigenvalue weighted by Gasteiger charge is -2.11. The Morgan fingerprint density at radius 1 is 1.24 bits per heavy atom. The number of benzene rings is 1. The van der Waals surface area contributed by atoms with E-state index in [0.717, 1.165) is 46.2 Å². The van der Waals surface area contributed by atoms with Crippen molar-refractivity contribution in [3.05, 3.63) is 42.6 Å². The standard InChI is InChI=1S/C16H15N3OS/c1-2-7-18-14(3-1)16-19-13-5-4-11(9-15(13)21-16)20-12-6-8-17-10-12/h1-5,7,9,12,17H,6,8,10H2. The van der Waals surface area contributed by atoms with Gasteiger partial charge in [0.1, 0.15) is 16.9 Å². The highest BCUT2D eigenvalue weighted by Gasteiger charge is 2.16. The summed E-state index contributed by atoms with van der Waals surface area (Å²) in [6, 6.07) is 12.0. The number of rotatable bonds is 3. The van der Waals surface area contributed by atoms with Gasteiger partial charge >= 0.3 is 0 Å². The zero-order valence-electron chi connectivity index (χ0n) is 11.5. The van der Waals surface area contributed by atoms with Gasteiger partial charge in [0, 0.05) is 12.7 Å². The number of ether oxygens (including phenoxy) is 1. The van der Waals surface area contributed by atoms with Gasteiger partial charge in [-0.1, -0.05) is 6.07 Å². The van der Waals surface area contributed by atoms with Crippen LogP contribution in [0.1, 0.15) is 6.42 Å². The molecule has 1 aliphatic heterocycles. The normalized spacial score (nSPS) is 18.2. The second kappa shape index (κ2) is 5.42. The molecule has 1 atom stereocenters. The van der Waals surface area contributed by atoms with Gasteiger partial charge in [-0.05, 0) is 43.3 Å². The Hall–Kier alpha value is -1.98. The third kappa shape index (κ3) is 2.62. The Morgan fingerprint density at radius 3 is 3.05 bits per heavy atom. The molecule has 1 saturated heterocycles. The molecule has 4 nitrogen and oxygen atoms in total. The van der Waals surface area contributed by atoms with Gasteiger partial charge in [0.05, 0.1) is 15.9 Å². The minimum atomic E-state index is 0.283. The minimum Gasteiger partial charge on any atom is -0.489 e. The maximum Gasteiger partial charge on any atom is 0.143 e. The average Bonchev–Trinajstić information content (AvgIpc) is 3.17. The molecular weight excluding hydrogens is 282 g/mol. The molecule has 0 radical (unpaired) electrons. The molecule has 0 spiro atoms. The van der Waals surface area contributed by atoms with Crippen LogP contribution in [0.2, 0.25) is 0 Å². The largest absolute Gasteiger partial charge is 0.489 e. The third-order valence-corrected chi connectivity index (χ3v) is 4.60. The van der Waals surface area contributed by atoms with E-state index in [4.69, 9.17) is 4.74 Å². The van der Waals surface area contributed by atoms with Crippen molar-refractivity contribution in [3.63, 3.8) is 0 Å². The molecule has 2 aromatic heterocycles. The molecule has 106 valence electrons. The summed E-state index contributed by atoms with van der Waals surface area (Å²) < 4.78 is 7.14. The maximum absolute atomic E-state index is 6.00. The van der Waals surface area contributed by atoms with Crippen LogP contribution in [0.5, 0.6) is 5.75 Å². The Balaban J connectivity index is 1.65. The summed E-state index contributed by atoms with van der Waals surface area (Å²) in [5.74, 6) is 0.924. The first kappa shape index (κ1) is 12.7. The molecule has 3 aromatic rings. The van der Waals surface area contributed by atoms with Gasteiger partial charge in [-0.25, -0.2) is 4.98 Å². The summed E-state index contributed by atoms with van der Waals surface area (Å²) in [5, 5.41) is 4.26. The molecule has 0 bridgehead atoms. The van der Waals surface area contributed by atoms with E-state index >= 15 is 0 Å². The molecule has 1 aromatic carbocycles. The second-order valence-corrected chi connectivity index (χ2v) is 6.13. The fraction of sp³-hybridized carbons (Fsp3) is 0.250. The molecular formula is C16H15N3OS. The van der Waals surface area contributed by atoms with E-state index in [1.54, 1.807) is 17.5 Å². The van der Waals surface area contributed by atoms with Crippen LogP contribution in [0.3, 0.4) is 0 Å². The minimum absolute atomic E-state index is 0.283. The zero-order chi connectivity index (χ0) is 14.1. The first-order valence-corrected chi connectivity index (χ1v) is 7.89. The molecule has 1 unspecified atom stereocenters. The highest BCUT2D eigenvalue weighted by Crippen LogP contribution is 2.31. The van der Waals surface area contributed by atoms with E-state index in [1.807, 2.05) is 30.3 Å². The lowest BCUT2D eigenvalue weighted by atomic mass is 10.3. The van der Waals surface area contributed by atoms with Crippen molar-refractivity contribution in [2.24, 2.45) is 0 Å². The van der Waals surface area contributed by atoms with Crippen LogP contribution in [0, 0.1) is 0 Å². The summed E-state index contributed by atoms with van der Waals surface area (Å²) in [7, 11) is 0. The van der Waals surface area contributed by atoms with E-state index in [1.165, 1.54) is 0 Å². The predicted molar refractivity (Wildman–Crippen MR) is 84.8 cm³/mol. The fourth-order valence-electron chi connectivity index (χ4n) is 2.50. The van der Waals surface area contributed by atoms with Crippen molar-refractivity contribution in [1.29, 1.82) is 0 Å². The third-order valence-electron chi connectivity index (χ3n) is 3.56. The van der Waals surface area contributed by atoms with Crippen molar-refractivity contribution in [2.75, 3.05) is 13.1 Å². The fourth-order valence-corrected chi connectivity index (χ4v) is 3.47. The predicted octanol–water partition coefficient (Wildman–Crippen LogP) is 3.10.